The lowest BCUT2D eigenvalue weighted by atomic mass is 9.90. The van der Waals surface area contributed by atoms with Crippen molar-refractivity contribution in [2.24, 2.45) is 11.7 Å². The Morgan fingerprint density at radius 3 is 3.42 bits per heavy atom. The van der Waals surface area contributed by atoms with E-state index < -0.39 is 0 Å². The Morgan fingerprint density at radius 2 is 2.67 bits per heavy atom. The van der Waals surface area contributed by atoms with Crippen LogP contribution in [0.3, 0.4) is 0 Å². The summed E-state index contributed by atoms with van der Waals surface area (Å²) in [6.45, 7) is 2.93. The summed E-state index contributed by atoms with van der Waals surface area (Å²) in [7, 11) is 0. The molecule has 0 aromatic carbocycles. The van der Waals surface area contributed by atoms with Crippen molar-refractivity contribution in [2.75, 3.05) is 6.54 Å². The van der Waals surface area contributed by atoms with Crippen molar-refractivity contribution in [3.63, 3.8) is 0 Å². The van der Waals surface area contributed by atoms with Gasteiger partial charge in [0.1, 0.15) is 5.76 Å². The molecule has 0 radical (unpaired) electrons. The van der Waals surface area contributed by atoms with Gasteiger partial charge in [-0.15, -0.1) is 0 Å². The Bertz CT molecular complexity index is 269. The van der Waals surface area contributed by atoms with Crippen LogP contribution in [0.2, 0.25) is 0 Å². The maximum Gasteiger partial charge on any atom is 0.140 e. The molecule has 0 amide bonds. The molecule has 3 nitrogen and oxygen atoms in total. The van der Waals surface area contributed by atoms with Crippen molar-refractivity contribution in [2.45, 2.75) is 25.7 Å². The molecule has 12 heavy (non-hydrogen) atoms. The average Bonchev–Trinajstić information content (AvgIpc) is 2.62. The molecule has 2 rings (SSSR count). The molecule has 0 aliphatic heterocycles. The van der Waals surface area contributed by atoms with Crippen LogP contribution in [-0.4, -0.2) is 11.7 Å². The molecule has 2 unspecified atom stereocenters. The number of aromatic nitrogens is 1. The van der Waals surface area contributed by atoms with Gasteiger partial charge in [0.05, 0.1) is 6.20 Å². The number of fused-ring (bicyclic) bond motifs is 1. The highest BCUT2D eigenvalue weighted by molar-refractivity contribution is 5.25. The average molecular weight is 166 g/mol. The fourth-order valence-corrected chi connectivity index (χ4v) is 1.96. The topological polar surface area (TPSA) is 52.0 Å². The highest BCUT2D eigenvalue weighted by atomic mass is 16.5. The fourth-order valence-electron chi connectivity index (χ4n) is 1.96. The first-order valence-corrected chi connectivity index (χ1v) is 4.46. The van der Waals surface area contributed by atoms with Crippen molar-refractivity contribution < 1.29 is 4.52 Å². The number of hydrogen-bond donors (Lipinski definition) is 1. The molecule has 0 bridgehead atoms. The Morgan fingerprint density at radius 1 is 1.83 bits per heavy atom. The molecular formula is C9H14N2O. The first kappa shape index (κ1) is 7.80. The summed E-state index contributed by atoms with van der Waals surface area (Å²) >= 11 is 0. The second-order valence-corrected chi connectivity index (χ2v) is 3.56. The Balaban J connectivity index is 2.22. The van der Waals surface area contributed by atoms with Gasteiger partial charge in [0.25, 0.3) is 0 Å². The van der Waals surface area contributed by atoms with Crippen LogP contribution in [0, 0.1) is 5.92 Å². The second-order valence-electron chi connectivity index (χ2n) is 3.56. The van der Waals surface area contributed by atoms with Gasteiger partial charge < -0.3 is 10.3 Å². The molecule has 0 spiro atoms. The number of hydrogen-bond acceptors (Lipinski definition) is 3. The van der Waals surface area contributed by atoms with Crippen LogP contribution in [0.4, 0.5) is 0 Å². The van der Waals surface area contributed by atoms with E-state index in [2.05, 4.69) is 12.1 Å². The van der Waals surface area contributed by atoms with Gasteiger partial charge in [-0.1, -0.05) is 12.1 Å². The Labute approximate surface area is 71.9 Å². The molecule has 3 heteroatoms. The summed E-state index contributed by atoms with van der Waals surface area (Å²) in [5, 5.41) is 3.79. The predicted octanol–water partition coefficient (Wildman–Crippen LogP) is 1.30. The van der Waals surface area contributed by atoms with Crippen LogP contribution in [0.15, 0.2) is 10.7 Å². The van der Waals surface area contributed by atoms with Crippen LogP contribution in [0.25, 0.3) is 0 Å². The molecule has 1 aliphatic rings. The highest BCUT2D eigenvalue weighted by Crippen LogP contribution is 2.37. The summed E-state index contributed by atoms with van der Waals surface area (Å²) in [6.07, 6.45) is 4.05. The minimum Gasteiger partial charge on any atom is -0.361 e. The monoisotopic (exact) mass is 166 g/mol. The normalized spacial score (nSPS) is 24.0. The van der Waals surface area contributed by atoms with Gasteiger partial charge in [-0.2, -0.15) is 0 Å². The first-order valence-electron chi connectivity index (χ1n) is 4.46. The van der Waals surface area contributed by atoms with Crippen molar-refractivity contribution in [3.05, 3.63) is 17.5 Å². The van der Waals surface area contributed by atoms with E-state index in [1.807, 2.05) is 6.20 Å². The predicted molar refractivity (Wildman–Crippen MR) is 45.8 cm³/mol. The summed E-state index contributed by atoms with van der Waals surface area (Å²) in [6, 6.07) is 0. The van der Waals surface area contributed by atoms with E-state index in [-0.39, 0.29) is 0 Å². The van der Waals surface area contributed by atoms with Crippen LogP contribution in [0.1, 0.15) is 30.6 Å². The summed E-state index contributed by atoms with van der Waals surface area (Å²) in [5.41, 5.74) is 6.91. The van der Waals surface area contributed by atoms with Gasteiger partial charge in [0.2, 0.25) is 0 Å². The van der Waals surface area contributed by atoms with Crippen molar-refractivity contribution in [3.8, 4) is 0 Å². The lowest BCUT2D eigenvalue weighted by Gasteiger charge is -2.15. The standard InChI is InChI=1S/C9H14N2O/c1-6(4-10)7-2-3-9-8(7)5-11-12-9/h5-7H,2-4,10H2,1H3. The van der Waals surface area contributed by atoms with Gasteiger partial charge in [0.15, 0.2) is 0 Å². The number of nitrogens with two attached hydrogens (primary N) is 1. The number of aryl methyl sites for hydroxylation is 1. The minimum absolute atomic E-state index is 0.547. The van der Waals surface area contributed by atoms with Crippen LogP contribution < -0.4 is 5.73 Å². The zero-order valence-corrected chi connectivity index (χ0v) is 7.29. The Kier molecular flexibility index (Phi) is 1.89. The smallest absolute Gasteiger partial charge is 0.140 e. The van der Waals surface area contributed by atoms with E-state index in [1.165, 1.54) is 12.0 Å². The van der Waals surface area contributed by atoms with Gasteiger partial charge in [-0.3, -0.25) is 0 Å². The third-order valence-corrected chi connectivity index (χ3v) is 2.82. The van der Waals surface area contributed by atoms with Crippen LogP contribution in [0.5, 0.6) is 0 Å². The third-order valence-electron chi connectivity index (χ3n) is 2.82. The molecule has 1 aliphatic carbocycles. The zero-order chi connectivity index (χ0) is 8.55. The van der Waals surface area contributed by atoms with Crippen molar-refractivity contribution >= 4 is 0 Å². The molecule has 1 aromatic rings. The van der Waals surface area contributed by atoms with Crippen molar-refractivity contribution in [1.82, 2.24) is 5.16 Å². The maximum absolute atomic E-state index is 5.63. The van der Waals surface area contributed by atoms with Gasteiger partial charge in [0, 0.05) is 12.0 Å². The molecular weight excluding hydrogens is 152 g/mol. The minimum atomic E-state index is 0.547. The molecule has 2 N–H and O–H groups in total. The largest absolute Gasteiger partial charge is 0.361 e. The lowest BCUT2D eigenvalue weighted by Crippen LogP contribution is -2.17. The van der Waals surface area contributed by atoms with E-state index in [1.54, 1.807) is 0 Å². The highest BCUT2D eigenvalue weighted by Gasteiger charge is 2.29. The summed E-state index contributed by atoms with van der Waals surface area (Å²) < 4.78 is 5.11. The van der Waals surface area contributed by atoms with E-state index in [9.17, 15) is 0 Å². The van der Waals surface area contributed by atoms with Crippen LogP contribution in [-0.2, 0) is 6.42 Å². The van der Waals surface area contributed by atoms with Gasteiger partial charge >= 0.3 is 0 Å². The second kappa shape index (κ2) is 2.90. The maximum atomic E-state index is 5.63. The SMILES string of the molecule is CC(CN)C1CCc2oncc21. The van der Waals surface area contributed by atoms with E-state index in [0.717, 1.165) is 18.7 Å². The summed E-state index contributed by atoms with van der Waals surface area (Å²) in [5.74, 6) is 2.20. The van der Waals surface area contributed by atoms with Crippen LogP contribution >= 0.6 is 0 Å². The molecule has 2 atom stereocenters. The molecule has 1 aromatic heterocycles. The molecule has 1 heterocycles. The van der Waals surface area contributed by atoms with E-state index in [0.29, 0.717) is 11.8 Å². The molecule has 66 valence electrons. The fraction of sp³-hybridized carbons (Fsp3) is 0.667. The summed E-state index contributed by atoms with van der Waals surface area (Å²) in [4.78, 5) is 0. The van der Waals surface area contributed by atoms with Gasteiger partial charge in [-0.05, 0) is 24.8 Å². The molecule has 0 fully saturated rings. The van der Waals surface area contributed by atoms with Crippen molar-refractivity contribution in [1.29, 1.82) is 0 Å². The number of rotatable bonds is 2. The lowest BCUT2D eigenvalue weighted by molar-refractivity contribution is 0.383. The quantitative estimate of drug-likeness (QED) is 0.720. The van der Waals surface area contributed by atoms with E-state index in [4.69, 9.17) is 10.3 Å². The Hall–Kier alpha value is -0.830. The third kappa shape index (κ3) is 1.05. The number of nitrogens with zero attached hydrogens (tertiary/aromatic N) is 1. The first-order chi connectivity index (χ1) is 5.83. The van der Waals surface area contributed by atoms with Gasteiger partial charge in [-0.25, -0.2) is 0 Å². The van der Waals surface area contributed by atoms with E-state index >= 15 is 0 Å². The zero-order valence-electron chi connectivity index (χ0n) is 7.29. The molecule has 0 saturated carbocycles. The molecule has 0 saturated heterocycles.